The molecule has 0 atom stereocenters. The molecule has 0 unspecified atom stereocenters. The molecule has 2 heterocycles. The third-order valence-corrected chi connectivity index (χ3v) is 10.5. The molecule has 2 N–H and O–H groups in total. The maximum Gasteiger partial charge on any atom is 0.210 e. The van der Waals surface area contributed by atoms with Crippen molar-refractivity contribution in [2.75, 3.05) is 37.0 Å². The van der Waals surface area contributed by atoms with Crippen LogP contribution in [0.25, 0.3) is 21.5 Å². The van der Waals surface area contributed by atoms with Crippen LogP contribution < -0.4 is 10.6 Å². The molecule has 0 bridgehead atoms. The van der Waals surface area contributed by atoms with Crippen molar-refractivity contribution < 1.29 is 4.58 Å². The Morgan fingerprint density at radius 3 is 2.02 bits per heavy atom. The topological polar surface area (TPSA) is 32.3 Å². The molecular weight excluding hydrogens is 591 g/mol. The van der Waals surface area contributed by atoms with Gasteiger partial charge in [0.15, 0.2) is 5.71 Å². The average molecular weight is 643 g/mol. The molecule has 4 aromatic carbocycles. The van der Waals surface area contributed by atoms with Crippen LogP contribution in [0.2, 0.25) is 0 Å². The fraction of sp³-hybridized carbons (Fsp3) is 0.326. The molecule has 2 aliphatic rings. The van der Waals surface area contributed by atoms with Crippen LogP contribution in [0, 0.1) is 0 Å². The summed E-state index contributed by atoms with van der Waals surface area (Å²) in [4.78, 5) is 2.48. The SMILES string of the molecule is CCN1\C(=C/C=C/C=C/C=C/C2=[N+](CCCCSC)c3ccc4ccccc4c3C2(C)C)C(C)(C)c2c1ccc1ccccc21.CN. The van der Waals surface area contributed by atoms with Crippen LogP contribution in [-0.4, -0.2) is 42.4 Å². The summed E-state index contributed by atoms with van der Waals surface area (Å²) in [5.74, 6) is 1.22. The Hall–Kier alpha value is -3.86. The molecule has 0 spiro atoms. The molecule has 47 heavy (non-hydrogen) atoms. The standard InChI is InChI=1S/C42H47N2S.CH5N/c1-7-43-35-27-25-31-19-13-15-21-33(31)39(35)41(2,3)37(43)23-11-9-8-10-12-24-38-42(4,5)40-34-22-16-14-20-32(34)26-28-36(40)44(38)29-17-18-30-45-6;1-2/h8-16,19-28H,7,17-18,29-30H2,1-6H3;2H2,1H3/q+1;. The highest BCUT2D eigenvalue weighted by Gasteiger charge is 2.45. The first-order chi connectivity index (χ1) is 22.8. The molecule has 244 valence electrons. The number of likely N-dealkylation sites (N-methyl/N-ethyl adjacent to an activating group) is 1. The normalized spacial score (nSPS) is 17.4. The number of fused-ring (bicyclic) bond motifs is 6. The van der Waals surface area contributed by atoms with Crippen LogP contribution in [-0.2, 0) is 10.8 Å². The van der Waals surface area contributed by atoms with Crippen molar-refractivity contribution in [1.29, 1.82) is 0 Å². The second kappa shape index (κ2) is 14.9. The maximum atomic E-state index is 4.50. The summed E-state index contributed by atoms with van der Waals surface area (Å²) in [6, 6.07) is 26.8. The zero-order chi connectivity index (χ0) is 33.6. The van der Waals surface area contributed by atoms with Crippen molar-refractivity contribution in [2.24, 2.45) is 5.73 Å². The number of nitrogens with zero attached hydrogens (tertiary/aromatic N) is 2. The predicted molar refractivity (Wildman–Crippen MR) is 210 cm³/mol. The van der Waals surface area contributed by atoms with E-state index in [2.05, 4.69) is 171 Å². The smallest absolute Gasteiger partial charge is 0.210 e. The largest absolute Gasteiger partial charge is 0.344 e. The van der Waals surface area contributed by atoms with E-state index < -0.39 is 0 Å². The monoisotopic (exact) mass is 642 g/mol. The Bertz CT molecular complexity index is 1890. The number of unbranched alkanes of at least 4 members (excludes halogenated alkanes) is 1. The van der Waals surface area contributed by atoms with E-state index in [9.17, 15) is 0 Å². The Balaban J connectivity index is 0.00000213. The fourth-order valence-corrected chi connectivity index (χ4v) is 8.15. The molecule has 0 saturated carbocycles. The average Bonchev–Trinajstić information content (AvgIpc) is 3.45. The third-order valence-electron chi connectivity index (χ3n) is 9.76. The van der Waals surface area contributed by atoms with Gasteiger partial charge in [0.25, 0.3) is 0 Å². The Kier molecular flexibility index (Phi) is 10.9. The van der Waals surface area contributed by atoms with Crippen LogP contribution >= 0.6 is 11.8 Å². The van der Waals surface area contributed by atoms with E-state index in [4.69, 9.17) is 0 Å². The highest BCUT2D eigenvalue weighted by molar-refractivity contribution is 7.98. The van der Waals surface area contributed by atoms with Gasteiger partial charge in [-0.3, -0.25) is 0 Å². The Morgan fingerprint density at radius 1 is 0.723 bits per heavy atom. The van der Waals surface area contributed by atoms with Gasteiger partial charge in [0.1, 0.15) is 6.54 Å². The highest BCUT2D eigenvalue weighted by atomic mass is 32.2. The van der Waals surface area contributed by atoms with E-state index in [1.54, 1.807) is 0 Å². The minimum Gasteiger partial charge on any atom is -0.344 e. The summed E-state index contributed by atoms with van der Waals surface area (Å²) in [5, 5.41) is 5.36. The Morgan fingerprint density at radius 2 is 1.34 bits per heavy atom. The highest BCUT2D eigenvalue weighted by Crippen LogP contribution is 2.50. The van der Waals surface area contributed by atoms with Gasteiger partial charge in [-0.15, -0.1) is 0 Å². The second-order valence-electron chi connectivity index (χ2n) is 13.3. The molecule has 0 aromatic heterocycles. The molecule has 4 heteroatoms. The van der Waals surface area contributed by atoms with Crippen LogP contribution in [0.5, 0.6) is 0 Å². The number of anilines is 1. The molecule has 0 fully saturated rings. The van der Waals surface area contributed by atoms with Gasteiger partial charge in [0, 0.05) is 47.5 Å². The molecule has 0 amide bonds. The van der Waals surface area contributed by atoms with Crippen LogP contribution in [0.4, 0.5) is 11.4 Å². The number of rotatable bonds is 10. The zero-order valence-electron chi connectivity index (χ0n) is 29.4. The molecular formula is C43H52N3S+. The molecule has 0 radical (unpaired) electrons. The number of allylic oxidation sites excluding steroid dienone is 8. The van der Waals surface area contributed by atoms with Gasteiger partial charge in [-0.2, -0.15) is 16.3 Å². The van der Waals surface area contributed by atoms with Crippen molar-refractivity contribution in [3.63, 3.8) is 0 Å². The lowest BCUT2D eigenvalue weighted by Gasteiger charge is -2.26. The summed E-state index contributed by atoms with van der Waals surface area (Å²) >= 11 is 1.94. The fourth-order valence-electron chi connectivity index (χ4n) is 7.65. The van der Waals surface area contributed by atoms with Gasteiger partial charge in [-0.25, -0.2) is 0 Å². The van der Waals surface area contributed by atoms with Gasteiger partial charge in [0.05, 0.1) is 5.41 Å². The Labute approximate surface area is 287 Å². The lowest BCUT2D eigenvalue weighted by molar-refractivity contribution is -0.438. The first-order valence-electron chi connectivity index (χ1n) is 17.1. The summed E-state index contributed by atoms with van der Waals surface area (Å²) in [6.07, 6.45) is 20.2. The van der Waals surface area contributed by atoms with E-state index >= 15 is 0 Å². The molecule has 2 aliphatic heterocycles. The van der Waals surface area contributed by atoms with Gasteiger partial charge in [-0.05, 0) is 91.6 Å². The van der Waals surface area contributed by atoms with Crippen molar-refractivity contribution in [3.05, 3.63) is 132 Å². The van der Waals surface area contributed by atoms with Crippen molar-refractivity contribution in [1.82, 2.24) is 0 Å². The van der Waals surface area contributed by atoms with E-state index in [1.165, 1.54) is 81.1 Å². The number of benzene rings is 4. The van der Waals surface area contributed by atoms with Gasteiger partial charge in [0.2, 0.25) is 5.69 Å². The number of nitrogens with two attached hydrogens (primary N) is 1. The summed E-state index contributed by atoms with van der Waals surface area (Å²) < 4.78 is 2.58. The molecule has 3 nitrogen and oxygen atoms in total. The summed E-state index contributed by atoms with van der Waals surface area (Å²) in [5.41, 5.74) is 12.7. The number of hydrogen-bond donors (Lipinski definition) is 1. The van der Waals surface area contributed by atoms with Crippen LogP contribution in [0.15, 0.2) is 121 Å². The molecule has 6 rings (SSSR count). The lowest BCUT2D eigenvalue weighted by atomic mass is 9.79. The quantitative estimate of drug-likeness (QED) is 0.106. The number of hydrogen-bond acceptors (Lipinski definition) is 3. The van der Waals surface area contributed by atoms with Crippen LogP contribution in [0.3, 0.4) is 0 Å². The van der Waals surface area contributed by atoms with E-state index in [-0.39, 0.29) is 10.8 Å². The summed E-state index contributed by atoms with van der Waals surface area (Å²) in [6.45, 7) is 13.7. The first-order valence-corrected chi connectivity index (χ1v) is 18.5. The zero-order valence-corrected chi connectivity index (χ0v) is 30.2. The minimum atomic E-state index is -0.0723. The van der Waals surface area contributed by atoms with Gasteiger partial charge >= 0.3 is 0 Å². The molecule has 4 aromatic rings. The van der Waals surface area contributed by atoms with E-state index in [0.717, 1.165) is 13.1 Å². The maximum absolute atomic E-state index is 4.50. The van der Waals surface area contributed by atoms with Crippen LogP contribution in [0.1, 0.15) is 58.6 Å². The third kappa shape index (κ3) is 6.51. The lowest BCUT2D eigenvalue weighted by Crippen LogP contribution is -2.28. The van der Waals surface area contributed by atoms with E-state index in [1.807, 2.05) is 11.8 Å². The van der Waals surface area contributed by atoms with Crippen molar-refractivity contribution in [3.8, 4) is 0 Å². The van der Waals surface area contributed by atoms with Crippen molar-refractivity contribution in [2.45, 2.75) is 58.3 Å². The number of thioether (sulfide) groups is 1. The van der Waals surface area contributed by atoms with Gasteiger partial charge in [-0.1, -0.05) is 98.8 Å². The minimum absolute atomic E-state index is 0.0662. The second-order valence-corrected chi connectivity index (χ2v) is 14.3. The molecule has 0 saturated heterocycles. The molecule has 0 aliphatic carbocycles. The predicted octanol–water partition coefficient (Wildman–Crippen LogP) is 10.5. The van der Waals surface area contributed by atoms with E-state index in [0.29, 0.717) is 0 Å². The van der Waals surface area contributed by atoms with Gasteiger partial charge < -0.3 is 10.6 Å². The first kappa shape index (κ1) is 34.5. The summed E-state index contributed by atoms with van der Waals surface area (Å²) in [7, 11) is 1.50. The van der Waals surface area contributed by atoms with Crippen molar-refractivity contribution >= 4 is 50.4 Å².